The highest BCUT2D eigenvalue weighted by Gasteiger charge is 2.12. The van der Waals surface area contributed by atoms with Gasteiger partial charge in [0.15, 0.2) is 4.77 Å². The van der Waals surface area contributed by atoms with Crippen molar-refractivity contribution in [3.05, 3.63) is 55.5 Å². The molecule has 2 N–H and O–H groups in total. The second-order valence-electron chi connectivity index (χ2n) is 5.05. The van der Waals surface area contributed by atoms with Gasteiger partial charge in [0, 0.05) is 5.02 Å². The summed E-state index contributed by atoms with van der Waals surface area (Å²) in [5.74, 6) is -0.175. The molecule has 116 valence electrons. The lowest BCUT2D eigenvalue weighted by Crippen LogP contribution is -2.16. The number of nitrogens with zero attached hydrogens (tertiary/aromatic N) is 1. The van der Waals surface area contributed by atoms with Crippen LogP contribution in [-0.4, -0.2) is 14.7 Å². The van der Waals surface area contributed by atoms with E-state index in [1.54, 1.807) is 30.3 Å². The first-order valence-corrected chi connectivity index (χ1v) is 7.74. The van der Waals surface area contributed by atoms with Gasteiger partial charge in [-0.3, -0.25) is 14.3 Å². The second kappa shape index (κ2) is 6.94. The molecule has 0 amide bonds. The lowest BCUT2D eigenvalue weighted by Gasteiger charge is -2.12. The first-order chi connectivity index (χ1) is 10.4. The molecule has 0 saturated heterocycles. The molecule has 4 nitrogen and oxygen atoms in total. The van der Waals surface area contributed by atoms with E-state index in [9.17, 15) is 9.90 Å². The molecule has 0 unspecified atom stereocenters. The topological polar surface area (TPSA) is 58.0 Å². The van der Waals surface area contributed by atoms with Crippen LogP contribution in [0.15, 0.2) is 34.6 Å². The Morgan fingerprint density at radius 3 is 2.64 bits per heavy atom. The van der Waals surface area contributed by atoms with Crippen molar-refractivity contribution in [3.63, 3.8) is 0 Å². The molecule has 1 aromatic carbocycles. The maximum Gasteiger partial charge on any atom is 0.262 e. The summed E-state index contributed by atoms with van der Waals surface area (Å²) in [6.07, 6.45) is 3.52. The highest BCUT2D eigenvalue weighted by Crippen LogP contribution is 2.23. The minimum Gasteiger partial charge on any atom is -0.494 e. The van der Waals surface area contributed by atoms with Gasteiger partial charge < -0.3 is 5.11 Å². The Bertz CT molecular complexity index is 820. The Labute approximate surface area is 138 Å². The predicted molar refractivity (Wildman–Crippen MR) is 92.5 cm³/mol. The van der Waals surface area contributed by atoms with Crippen LogP contribution in [0.3, 0.4) is 0 Å². The number of rotatable bonds is 4. The van der Waals surface area contributed by atoms with Crippen LogP contribution >= 0.6 is 23.8 Å². The van der Waals surface area contributed by atoms with Gasteiger partial charge in [-0.25, -0.2) is 0 Å². The fourth-order valence-electron chi connectivity index (χ4n) is 2.21. The summed E-state index contributed by atoms with van der Waals surface area (Å²) in [4.78, 5) is 14.7. The van der Waals surface area contributed by atoms with Gasteiger partial charge in [-0.2, -0.15) is 0 Å². The largest absolute Gasteiger partial charge is 0.494 e. The molecule has 6 heteroatoms. The number of aromatic nitrogens is 2. The number of hydrogen-bond donors (Lipinski definition) is 2. The van der Waals surface area contributed by atoms with Gasteiger partial charge in [-0.05, 0) is 55.9 Å². The average Bonchev–Trinajstić information content (AvgIpc) is 2.45. The van der Waals surface area contributed by atoms with E-state index < -0.39 is 5.56 Å². The molecule has 22 heavy (non-hydrogen) atoms. The van der Waals surface area contributed by atoms with E-state index >= 15 is 0 Å². The summed E-state index contributed by atoms with van der Waals surface area (Å²) in [5.41, 5.74) is 1.45. The molecule has 0 radical (unpaired) electrons. The van der Waals surface area contributed by atoms with Gasteiger partial charge in [0.2, 0.25) is 5.88 Å². The van der Waals surface area contributed by atoms with Crippen molar-refractivity contribution in [3.8, 4) is 11.6 Å². The Morgan fingerprint density at radius 1 is 1.41 bits per heavy atom. The lowest BCUT2D eigenvalue weighted by molar-refractivity contribution is 0.432. The second-order valence-corrected chi connectivity index (χ2v) is 5.87. The molecular formula is C16H17ClN2O2S. The van der Waals surface area contributed by atoms with Crippen LogP contribution in [0.1, 0.15) is 32.3 Å². The van der Waals surface area contributed by atoms with Crippen LogP contribution < -0.4 is 5.56 Å². The number of aromatic hydroxyl groups is 1. The van der Waals surface area contributed by atoms with Crippen LogP contribution in [-0.2, 0) is 0 Å². The summed E-state index contributed by atoms with van der Waals surface area (Å²) in [7, 11) is 0. The molecule has 0 atom stereocenters. The van der Waals surface area contributed by atoms with Crippen molar-refractivity contribution in [2.45, 2.75) is 26.7 Å². The fraction of sp³-hybridized carbons (Fsp3) is 0.250. The zero-order chi connectivity index (χ0) is 16.3. The van der Waals surface area contributed by atoms with Crippen molar-refractivity contribution >= 4 is 29.9 Å². The molecule has 2 aromatic rings. The number of hydrogen-bond acceptors (Lipinski definition) is 3. The molecule has 1 heterocycles. The van der Waals surface area contributed by atoms with Crippen molar-refractivity contribution < 1.29 is 5.11 Å². The number of halogens is 1. The van der Waals surface area contributed by atoms with Gasteiger partial charge in [0.1, 0.15) is 5.56 Å². The zero-order valence-electron chi connectivity index (χ0n) is 12.4. The average molecular weight is 337 g/mol. The van der Waals surface area contributed by atoms with E-state index in [1.807, 2.05) is 6.92 Å². The third-order valence-corrected chi connectivity index (χ3v) is 3.78. The van der Waals surface area contributed by atoms with Crippen molar-refractivity contribution in [1.82, 2.24) is 9.55 Å². The molecule has 0 aliphatic heterocycles. The summed E-state index contributed by atoms with van der Waals surface area (Å²) >= 11 is 11.0. The highest BCUT2D eigenvalue weighted by atomic mass is 35.5. The quantitative estimate of drug-likeness (QED) is 0.810. The first-order valence-electron chi connectivity index (χ1n) is 6.95. The monoisotopic (exact) mass is 336 g/mol. The van der Waals surface area contributed by atoms with E-state index in [2.05, 4.69) is 11.9 Å². The Balaban J connectivity index is 2.66. The molecule has 0 bridgehead atoms. The lowest BCUT2D eigenvalue weighted by atomic mass is 10.1. The van der Waals surface area contributed by atoms with Crippen LogP contribution in [0.4, 0.5) is 0 Å². The summed E-state index contributed by atoms with van der Waals surface area (Å²) in [6, 6.07) is 6.84. The van der Waals surface area contributed by atoms with Gasteiger partial charge in [-0.15, -0.1) is 0 Å². The summed E-state index contributed by atoms with van der Waals surface area (Å²) < 4.78 is 1.55. The van der Waals surface area contributed by atoms with Gasteiger partial charge >= 0.3 is 0 Å². The van der Waals surface area contributed by atoms with Crippen LogP contribution in [0.25, 0.3) is 11.8 Å². The molecule has 2 rings (SSSR count). The van der Waals surface area contributed by atoms with Crippen molar-refractivity contribution in [2.24, 2.45) is 0 Å². The third kappa shape index (κ3) is 3.48. The summed E-state index contributed by atoms with van der Waals surface area (Å²) in [5, 5.41) is 11.1. The van der Waals surface area contributed by atoms with Crippen LogP contribution in [0.5, 0.6) is 5.88 Å². The van der Waals surface area contributed by atoms with Crippen molar-refractivity contribution in [1.29, 1.82) is 0 Å². The minimum absolute atomic E-state index is 0.134. The molecule has 0 spiro atoms. The molecule has 0 saturated carbocycles. The van der Waals surface area contributed by atoms with Gasteiger partial charge in [0.05, 0.1) is 5.69 Å². The van der Waals surface area contributed by atoms with E-state index in [0.717, 1.165) is 18.4 Å². The predicted octanol–water partition coefficient (Wildman–Crippen LogP) is 4.46. The molecule has 0 aliphatic rings. The maximum atomic E-state index is 12.1. The number of allylic oxidation sites excluding steroid dienone is 1. The normalized spacial score (nSPS) is 11.7. The molecule has 0 fully saturated rings. The Morgan fingerprint density at radius 2 is 2.05 bits per heavy atom. The van der Waals surface area contributed by atoms with E-state index in [1.165, 1.54) is 4.57 Å². The fourth-order valence-corrected chi connectivity index (χ4v) is 2.62. The smallest absolute Gasteiger partial charge is 0.262 e. The summed E-state index contributed by atoms with van der Waals surface area (Å²) in [6.45, 7) is 3.98. The number of aromatic amines is 1. The van der Waals surface area contributed by atoms with E-state index in [0.29, 0.717) is 10.7 Å². The number of nitrogens with one attached hydrogen (secondary N) is 1. The van der Waals surface area contributed by atoms with Crippen LogP contribution in [0, 0.1) is 4.77 Å². The number of H-pyrrole nitrogens is 1. The molecule has 1 aromatic heterocycles. The van der Waals surface area contributed by atoms with Gasteiger partial charge in [-0.1, -0.05) is 30.5 Å². The Hall–Kier alpha value is -1.85. The first kappa shape index (κ1) is 16.5. The van der Waals surface area contributed by atoms with E-state index in [-0.39, 0.29) is 16.2 Å². The van der Waals surface area contributed by atoms with Crippen LogP contribution in [0.2, 0.25) is 5.02 Å². The third-order valence-electron chi connectivity index (χ3n) is 3.24. The SMILES string of the molecule is CCCC(C)=Cc1c(O)n(-c2ccc(Cl)cc2)c(=S)[nH]c1=O. The highest BCUT2D eigenvalue weighted by molar-refractivity contribution is 7.71. The molecule has 0 aliphatic carbocycles. The van der Waals surface area contributed by atoms with Gasteiger partial charge in [0.25, 0.3) is 5.56 Å². The van der Waals surface area contributed by atoms with E-state index in [4.69, 9.17) is 23.8 Å². The molecular weight excluding hydrogens is 320 g/mol. The standard InChI is InChI=1S/C16H17ClN2O2S/c1-3-4-10(2)9-13-14(20)18-16(22)19(15(13)21)12-7-5-11(17)6-8-12/h5-9,21H,3-4H2,1-2H3,(H,18,20,22). The zero-order valence-corrected chi connectivity index (χ0v) is 14.0. The number of benzene rings is 1. The maximum absolute atomic E-state index is 12.1. The minimum atomic E-state index is -0.400. The van der Waals surface area contributed by atoms with Crippen molar-refractivity contribution in [2.75, 3.05) is 0 Å². The Kier molecular flexibility index (Phi) is 5.21.